The van der Waals surface area contributed by atoms with Gasteiger partial charge in [0.2, 0.25) is 0 Å². The van der Waals surface area contributed by atoms with Crippen molar-refractivity contribution >= 4 is 41.8 Å². The lowest BCUT2D eigenvalue weighted by Crippen LogP contribution is -2.67. The molecule has 0 amide bonds. The maximum Gasteiger partial charge on any atom is 0.340 e. The third kappa shape index (κ3) is 4.33. The molecule has 8 rings (SSSR count). The molecule has 3 aromatic carbocycles. The first-order valence-electron chi connectivity index (χ1n) is 16.9. The largest absolute Gasteiger partial charge is 0.456 e. The van der Waals surface area contributed by atoms with Gasteiger partial charge in [-0.1, -0.05) is 45.2 Å². The van der Waals surface area contributed by atoms with Gasteiger partial charge in [-0.2, -0.15) is 0 Å². The molecule has 7 heteroatoms. The maximum atomic E-state index is 13.8. The van der Waals surface area contributed by atoms with E-state index in [1.807, 2.05) is 26.8 Å². The highest BCUT2D eigenvalue weighted by Gasteiger charge is 2.58. The average Bonchev–Trinajstić information content (AvgIpc) is 3.28. The molecule has 234 valence electrons. The molecule has 3 saturated heterocycles. The summed E-state index contributed by atoms with van der Waals surface area (Å²) in [7, 11) is -2.22. The molecule has 3 aromatic rings. The van der Waals surface area contributed by atoms with E-state index in [0.717, 1.165) is 42.9 Å². The molecule has 0 unspecified atom stereocenters. The first kappa shape index (κ1) is 28.9. The van der Waals surface area contributed by atoms with Crippen LogP contribution in [0.3, 0.4) is 0 Å². The summed E-state index contributed by atoms with van der Waals surface area (Å²) in [5.74, 6) is 0.674. The number of hydrogen-bond acceptors (Lipinski definition) is 6. The minimum absolute atomic E-state index is 0.333. The highest BCUT2D eigenvalue weighted by atomic mass is 28.3. The van der Waals surface area contributed by atoms with Gasteiger partial charge in [-0.3, -0.25) is 0 Å². The van der Waals surface area contributed by atoms with Gasteiger partial charge in [-0.15, -0.1) is 0 Å². The van der Waals surface area contributed by atoms with E-state index in [1.165, 1.54) is 53.1 Å². The topological polar surface area (TPSA) is 59.1 Å². The van der Waals surface area contributed by atoms with E-state index in [-0.39, 0.29) is 5.97 Å². The van der Waals surface area contributed by atoms with Gasteiger partial charge in [0.25, 0.3) is 0 Å². The zero-order chi connectivity index (χ0) is 31.3. The molecular weight excluding hydrogens is 577 g/mol. The fourth-order valence-corrected chi connectivity index (χ4v) is 14.5. The van der Waals surface area contributed by atoms with Gasteiger partial charge in [-0.05, 0) is 97.5 Å². The van der Waals surface area contributed by atoms with Crippen LogP contribution in [0.1, 0.15) is 91.3 Å². The summed E-state index contributed by atoms with van der Waals surface area (Å²) in [6.07, 6.45) is 3.73. The molecule has 0 radical (unpaired) electrons. The van der Waals surface area contributed by atoms with E-state index in [9.17, 15) is 9.59 Å². The van der Waals surface area contributed by atoms with E-state index >= 15 is 0 Å². The van der Waals surface area contributed by atoms with Gasteiger partial charge in [0.05, 0.1) is 11.1 Å². The SMILES string of the molecule is CC1CN(c2ccc3c(c2)[Si]2(CCCCC2)c2cc(N4CC(C)C4)ccc2C32OC(=O)c3ccc(C(=O)OC(C)(C)C)cc32)C1. The number of anilines is 2. The smallest absolute Gasteiger partial charge is 0.340 e. The molecule has 0 aromatic heterocycles. The lowest BCUT2D eigenvalue weighted by Gasteiger charge is -2.49. The Morgan fingerprint density at radius 1 is 0.800 bits per heavy atom. The normalized spacial score (nSPS) is 21.5. The zero-order valence-corrected chi connectivity index (χ0v) is 28.2. The predicted octanol–water partition coefficient (Wildman–Crippen LogP) is 6.08. The van der Waals surface area contributed by atoms with E-state index < -0.39 is 25.2 Å². The summed E-state index contributed by atoms with van der Waals surface area (Å²) in [5.41, 5.74) is 4.75. The first-order valence-corrected chi connectivity index (χ1v) is 19.3. The third-order valence-electron chi connectivity index (χ3n) is 10.9. The molecule has 5 aliphatic heterocycles. The average molecular weight is 621 g/mol. The Bertz CT molecular complexity index is 1650. The second-order valence-electron chi connectivity index (χ2n) is 15.5. The highest BCUT2D eigenvalue weighted by Crippen LogP contribution is 2.51. The summed E-state index contributed by atoms with van der Waals surface area (Å²) < 4.78 is 12.5. The minimum atomic E-state index is -2.22. The first-order chi connectivity index (χ1) is 21.5. The number of benzene rings is 3. The number of fused-ring (bicyclic) bond motifs is 8. The van der Waals surface area contributed by atoms with Crippen LogP contribution in [0.15, 0.2) is 54.6 Å². The lowest BCUT2D eigenvalue weighted by atomic mass is 9.78. The number of carbonyl (C=O) groups excluding carboxylic acids is 2. The van der Waals surface area contributed by atoms with E-state index in [1.54, 1.807) is 12.1 Å². The quantitative estimate of drug-likeness (QED) is 0.262. The van der Waals surface area contributed by atoms with Gasteiger partial charge in [0.15, 0.2) is 5.60 Å². The van der Waals surface area contributed by atoms with Crippen LogP contribution in [0, 0.1) is 11.8 Å². The van der Waals surface area contributed by atoms with Crippen LogP contribution in [0.2, 0.25) is 12.1 Å². The Morgan fingerprint density at radius 3 is 1.87 bits per heavy atom. The Labute approximate surface area is 267 Å². The molecule has 2 spiro atoms. The van der Waals surface area contributed by atoms with Crippen molar-refractivity contribution in [3.8, 4) is 0 Å². The second kappa shape index (κ2) is 9.96. The molecule has 3 fully saturated rings. The number of esters is 2. The molecule has 0 saturated carbocycles. The van der Waals surface area contributed by atoms with Crippen LogP contribution in [0.25, 0.3) is 0 Å². The Kier molecular flexibility index (Phi) is 6.39. The van der Waals surface area contributed by atoms with Crippen molar-refractivity contribution < 1.29 is 19.1 Å². The summed E-state index contributed by atoms with van der Waals surface area (Å²) in [4.78, 5) is 32.2. The van der Waals surface area contributed by atoms with Crippen molar-refractivity contribution in [3.63, 3.8) is 0 Å². The van der Waals surface area contributed by atoms with E-state index in [0.29, 0.717) is 23.0 Å². The van der Waals surface area contributed by atoms with Crippen molar-refractivity contribution in [3.05, 3.63) is 82.4 Å². The molecule has 45 heavy (non-hydrogen) atoms. The summed E-state index contributed by atoms with van der Waals surface area (Å²) in [6.45, 7) is 14.5. The fourth-order valence-electron chi connectivity index (χ4n) is 8.79. The minimum Gasteiger partial charge on any atom is -0.456 e. The van der Waals surface area contributed by atoms with Crippen LogP contribution in [0.5, 0.6) is 0 Å². The Morgan fingerprint density at radius 2 is 1.36 bits per heavy atom. The Balaban J connectivity index is 1.38. The van der Waals surface area contributed by atoms with Gasteiger partial charge in [0.1, 0.15) is 13.7 Å². The van der Waals surface area contributed by atoms with Crippen LogP contribution in [-0.4, -0.2) is 51.8 Å². The zero-order valence-electron chi connectivity index (χ0n) is 27.2. The molecule has 5 heterocycles. The molecule has 0 bridgehead atoms. The highest BCUT2D eigenvalue weighted by molar-refractivity contribution is 7.03. The van der Waals surface area contributed by atoms with Crippen molar-refractivity contribution in [1.29, 1.82) is 0 Å². The van der Waals surface area contributed by atoms with Crippen LogP contribution in [-0.2, 0) is 15.1 Å². The fraction of sp³-hybridized carbons (Fsp3) is 0.474. The second-order valence-corrected chi connectivity index (χ2v) is 19.7. The van der Waals surface area contributed by atoms with Crippen molar-refractivity contribution in [2.24, 2.45) is 11.8 Å². The van der Waals surface area contributed by atoms with Gasteiger partial charge < -0.3 is 19.3 Å². The van der Waals surface area contributed by atoms with Gasteiger partial charge in [0, 0.05) is 54.2 Å². The van der Waals surface area contributed by atoms with Crippen molar-refractivity contribution in [1.82, 2.24) is 0 Å². The van der Waals surface area contributed by atoms with Crippen LogP contribution in [0.4, 0.5) is 11.4 Å². The monoisotopic (exact) mass is 620 g/mol. The molecule has 0 N–H and O–H groups in total. The van der Waals surface area contributed by atoms with Gasteiger partial charge in [-0.25, -0.2) is 9.59 Å². The molecule has 0 atom stereocenters. The van der Waals surface area contributed by atoms with E-state index in [4.69, 9.17) is 9.47 Å². The van der Waals surface area contributed by atoms with Gasteiger partial charge >= 0.3 is 11.9 Å². The molecule has 5 aliphatic rings. The predicted molar refractivity (Wildman–Crippen MR) is 181 cm³/mol. The molecule has 6 nitrogen and oxygen atoms in total. The molecule has 0 aliphatic carbocycles. The number of rotatable bonds is 3. The summed E-state index contributed by atoms with van der Waals surface area (Å²) in [5, 5.41) is 2.84. The summed E-state index contributed by atoms with van der Waals surface area (Å²) in [6, 6.07) is 21.7. The van der Waals surface area contributed by atoms with Crippen molar-refractivity contribution in [2.75, 3.05) is 36.0 Å². The van der Waals surface area contributed by atoms with Crippen LogP contribution >= 0.6 is 0 Å². The number of ether oxygens (including phenoxy) is 2. The summed E-state index contributed by atoms with van der Waals surface area (Å²) >= 11 is 0. The Hall–Kier alpha value is -3.58. The maximum absolute atomic E-state index is 13.8. The van der Waals surface area contributed by atoms with Crippen molar-refractivity contribution in [2.45, 2.75) is 77.2 Å². The standard InChI is InChI=1S/C38H44N2O4Si/c1-24-20-39(21-24)27-10-13-30-33(18-27)45(15-7-6-8-16-45)34-19-28(40-22-25(2)23-40)11-14-31(34)38(30)32-17-26(35(41)43-37(3,4)5)9-12-29(32)36(42)44-38/h9-14,17-19,24-25H,6-8,15-16,20-23H2,1-5H3. The number of carbonyl (C=O) groups is 2. The lowest BCUT2D eigenvalue weighted by molar-refractivity contribution is 0.00692. The molecular formula is C38H44N2O4Si. The number of nitrogens with zero attached hydrogens (tertiary/aromatic N) is 2. The van der Waals surface area contributed by atoms with E-state index in [2.05, 4.69) is 60.0 Å². The third-order valence-corrected chi connectivity index (χ3v) is 16.2. The van der Waals surface area contributed by atoms with Crippen LogP contribution < -0.4 is 20.2 Å². The number of hydrogen-bond donors (Lipinski definition) is 0.